The second-order valence-electron chi connectivity index (χ2n) is 5.87. The first-order chi connectivity index (χ1) is 11.1. The highest BCUT2D eigenvalue weighted by atomic mass is 16.2. The molecule has 0 bridgehead atoms. The lowest BCUT2D eigenvalue weighted by Gasteiger charge is -2.09. The molecule has 0 spiro atoms. The van der Waals surface area contributed by atoms with Crippen LogP contribution in [0.15, 0.2) is 41.5 Å². The molecule has 1 fully saturated rings. The molecule has 1 aromatic carbocycles. The third-order valence-corrected chi connectivity index (χ3v) is 3.84. The molecular weight excluding hydrogens is 292 g/mol. The fraction of sp³-hybridized carbons (Fsp3) is 0.353. The second-order valence-corrected chi connectivity index (χ2v) is 5.87. The minimum absolute atomic E-state index is 0.0670. The van der Waals surface area contributed by atoms with Gasteiger partial charge in [0.25, 0.3) is 5.56 Å². The van der Waals surface area contributed by atoms with E-state index >= 15 is 0 Å². The van der Waals surface area contributed by atoms with Gasteiger partial charge in [-0.05, 0) is 31.9 Å². The van der Waals surface area contributed by atoms with Gasteiger partial charge in [0.1, 0.15) is 0 Å². The number of anilines is 1. The van der Waals surface area contributed by atoms with Gasteiger partial charge in [-0.3, -0.25) is 9.36 Å². The maximum Gasteiger partial charge on any atom is 0.319 e. The molecule has 0 atom stereocenters. The minimum Gasteiger partial charge on any atom is -0.336 e. The molecule has 1 saturated carbocycles. The number of nitrogens with zero attached hydrogens (tertiary/aromatic N) is 2. The summed E-state index contributed by atoms with van der Waals surface area (Å²) < 4.78 is 1.51. The molecule has 3 rings (SSSR count). The zero-order chi connectivity index (χ0) is 16.2. The van der Waals surface area contributed by atoms with Crippen molar-refractivity contribution in [1.82, 2.24) is 14.9 Å². The topological polar surface area (TPSA) is 76.0 Å². The zero-order valence-electron chi connectivity index (χ0n) is 13.1. The minimum atomic E-state index is -0.288. The summed E-state index contributed by atoms with van der Waals surface area (Å²) >= 11 is 0. The fourth-order valence-corrected chi connectivity index (χ4v) is 2.31. The first kappa shape index (κ1) is 15.3. The molecule has 2 N–H and O–H groups in total. The van der Waals surface area contributed by atoms with Crippen LogP contribution in [0.1, 0.15) is 30.0 Å². The van der Waals surface area contributed by atoms with Gasteiger partial charge in [0.05, 0.1) is 12.0 Å². The number of hydrogen-bond donors (Lipinski definition) is 2. The highest BCUT2D eigenvalue weighted by Gasteiger charge is 2.25. The van der Waals surface area contributed by atoms with E-state index in [0.717, 1.165) is 29.8 Å². The number of carbonyl (C=O) groups excluding carboxylic acids is 1. The van der Waals surface area contributed by atoms with Crippen LogP contribution < -0.4 is 16.2 Å². The number of aryl methyl sites for hydroxylation is 1. The number of aromatic nitrogens is 2. The Labute approximate surface area is 134 Å². The van der Waals surface area contributed by atoms with Gasteiger partial charge in [-0.15, -0.1) is 0 Å². The van der Waals surface area contributed by atoms with E-state index in [4.69, 9.17) is 0 Å². The van der Waals surface area contributed by atoms with Crippen molar-refractivity contribution in [1.29, 1.82) is 0 Å². The Balaban J connectivity index is 1.48. The van der Waals surface area contributed by atoms with Crippen molar-refractivity contribution >= 4 is 11.7 Å². The van der Waals surface area contributed by atoms with E-state index < -0.39 is 0 Å². The molecule has 0 aliphatic heterocycles. The van der Waals surface area contributed by atoms with Gasteiger partial charge in [0.15, 0.2) is 0 Å². The van der Waals surface area contributed by atoms with Gasteiger partial charge < -0.3 is 10.6 Å². The summed E-state index contributed by atoms with van der Waals surface area (Å²) in [6.07, 6.45) is 3.81. The summed E-state index contributed by atoms with van der Waals surface area (Å²) in [5.74, 6) is 0.468. The van der Waals surface area contributed by atoms with E-state index in [0.29, 0.717) is 19.0 Å². The van der Waals surface area contributed by atoms with Gasteiger partial charge in [0.2, 0.25) is 0 Å². The number of urea groups is 1. The Morgan fingerprint density at radius 2 is 2.04 bits per heavy atom. The summed E-state index contributed by atoms with van der Waals surface area (Å²) in [6, 6.07) is 8.87. The predicted molar refractivity (Wildman–Crippen MR) is 88.7 cm³/mol. The molecule has 2 aromatic rings. The molecule has 23 heavy (non-hydrogen) atoms. The summed E-state index contributed by atoms with van der Waals surface area (Å²) in [4.78, 5) is 28.1. The average Bonchev–Trinajstić information content (AvgIpc) is 3.36. The number of amides is 2. The van der Waals surface area contributed by atoms with Crippen LogP contribution in [0.4, 0.5) is 10.5 Å². The number of rotatable bonds is 5. The number of nitrogens with one attached hydrogen (secondary N) is 2. The van der Waals surface area contributed by atoms with Gasteiger partial charge in [0, 0.05) is 30.8 Å². The van der Waals surface area contributed by atoms with Gasteiger partial charge in [-0.1, -0.05) is 17.7 Å². The van der Waals surface area contributed by atoms with E-state index in [1.807, 2.05) is 31.2 Å². The molecule has 2 amide bonds. The predicted octanol–water partition coefficient (Wildman–Crippen LogP) is 2.25. The average molecular weight is 312 g/mol. The monoisotopic (exact) mass is 312 g/mol. The fourth-order valence-electron chi connectivity index (χ4n) is 2.31. The Bertz CT molecular complexity index is 748. The van der Waals surface area contributed by atoms with Crippen molar-refractivity contribution in [3.05, 3.63) is 58.3 Å². The molecule has 0 unspecified atom stereocenters. The highest BCUT2D eigenvalue weighted by molar-refractivity contribution is 5.89. The molecule has 1 aliphatic carbocycles. The van der Waals surface area contributed by atoms with E-state index in [1.165, 1.54) is 4.57 Å². The third kappa shape index (κ3) is 4.18. The highest BCUT2D eigenvalue weighted by Crippen LogP contribution is 2.38. The van der Waals surface area contributed by atoms with Crippen molar-refractivity contribution in [3.8, 4) is 0 Å². The molecule has 1 aliphatic rings. The van der Waals surface area contributed by atoms with E-state index in [9.17, 15) is 9.59 Å². The van der Waals surface area contributed by atoms with E-state index in [2.05, 4.69) is 15.6 Å². The Kier molecular flexibility index (Phi) is 4.41. The molecular formula is C17H20N4O2. The molecule has 1 aromatic heterocycles. The summed E-state index contributed by atoms with van der Waals surface area (Å²) in [7, 11) is 0. The lowest BCUT2D eigenvalue weighted by atomic mass is 10.2. The molecule has 0 saturated heterocycles. The van der Waals surface area contributed by atoms with Crippen LogP contribution in [0.3, 0.4) is 0 Å². The first-order valence-electron chi connectivity index (χ1n) is 7.80. The second kappa shape index (κ2) is 6.64. The van der Waals surface area contributed by atoms with Crippen molar-refractivity contribution in [2.24, 2.45) is 0 Å². The maximum absolute atomic E-state index is 12.0. The Morgan fingerprint density at radius 1 is 1.30 bits per heavy atom. The van der Waals surface area contributed by atoms with Crippen LogP contribution in [0.5, 0.6) is 0 Å². The van der Waals surface area contributed by atoms with Gasteiger partial charge in [-0.25, -0.2) is 9.78 Å². The maximum atomic E-state index is 12.0. The van der Waals surface area contributed by atoms with Crippen LogP contribution in [0, 0.1) is 6.92 Å². The molecule has 6 heteroatoms. The smallest absolute Gasteiger partial charge is 0.319 e. The first-order valence-corrected chi connectivity index (χ1v) is 7.80. The molecule has 6 nitrogen and oxygen atoms in total. The van der Waals surface area contributed by atoms with Crippen LogP contribution in [-0.2, 0) is 6.54 Å². The van der Waals surface area contributed by atoms with Crippen LogP contribution in [0.2, 0.25) is 0 Å². The van der Waals surface area contributed by atoms with Crippen LogP contribution >= 0.6 is 0 Å². The standard InChI is InChI=1S/C17H20N4O2/c1-12-2-6-14(7-3-12)20-17(23)18-8-9-21-11-19-15(10-16(21)22)13-4-5-13/h2-3,6-7,10-11,13H,4-5,8-9H2,1H3,(H2,18,20,23). The SMILES string of the molecule is Cc1ccc(NC(=O)NCCn2cnc(C3CC3)cc2=O)cc1. The lowest BCUT2D eigenvalue weighted by molar-refractivity contribution is 0.251. The van der Waals surface area contributed by atoms with Crippen molar-refractivity contribution in [2.75, 3.05) is 11.9 Å². The molecule has 0 radical (unpaired) electrons. The number of hydrogen-bond acceptors (Lipinski definition) is 3. The summed E-state index contributed by atoms with van der Waals surface area (Å²) in [5.41, 5.74) is 2.69. The molecule has 120 valence electrons. The normalized spacial score (nSPS) is 13.6. The number of carbonyl (C=O) groups is 1. The van der Waals surface area contributed by atoms with Crippen molar-refractivity contribution in [3.63, 3.8) is 0 Å². The summed E-state index contributed by atoms with van der Waals surface area (Å²) in [5, 5.41) is 5.48. The van der Waals surface area contributed by atoms with Crippen LogP contribution in [-0.4, -0.2) is 22.1 Å². The summed E-state index contributed by atoms with van der Waals surface area (Å²) in [6.45, 7) is 2.75. The van der Waals surface area contributed by atoms with E-state index in [1.54, 1.807) is 12.4 Å². The Morgan fingerprint density at radius 3 is 2.70 bits per heavy atom. The third-order valence-electron chi connectivity index (χ3n) is 3.84. The lowest BCUT2D eigenvalue weighted by Crippen LogP contribution is -2.33. The van der Waals surface area contributed by atoms with E-state index in [-0.39, 0.29) is 11.6 Å². The zero-order valence-corrected chi connectivity index (χ0v) is 13.1. The van der Waals surface area contributed by atoms with Gasteiger partial charge in [-0.2, -0.15) is 0 Å². The quantitative estimate of drug-likeness (QED) is 0.889. The van der Waals surface area contributed by atoms with Crippen LogP contribution in [0.25, 0.3) is 0 Å². The van der Waals surface area contributed by atoms with Crippen molar-refractivity contribution in [2.45, 2.75) is 32.2 Å². The van der Waals surface area contributed by atoms with Crippen molar-refractivity contribution < 1.29 is 4.79 Å². The Hall–Kier alpha value is -2.63. The largest absolute Gasteiger partial charge is 0.336 e. The molecule has 1 heterocycles. The van der Waals surface area contributed by atoms with Gasteiger partial charge >= 0.3 is 6.03 Å². The number of benzene rings is 1.